The highest BCUT2D eigenvalue weighted by Crippen LogP contribution is 2.39. The maximum Gasteiger partial charge on any atom is 0.497 e. The molecule has 26 heavy (non-hydrogen) atoms. The Morgan fingerprint density at radius 1 is 0.846 bits per heavy atom. The molecular formula is C19H19BF4O2. The zero-order valence-electron chi connectivity index (χ0n) is 14.9. The molecule has 138 valence electrons. The van der Waals surface area contributed by atoms with Crippen molar-refractivity contribution in [2.45, 2.75) is 45.1 Å². The predicted octanol–water partition coefficient (Wildman–Crippen LogP) is 4.81. The molecule has 0 aromatic heterocycles. The third kappa shape index (κ3) is 3.26. The van der Waals surface area contributed by atoms with Crippen molar-refractivity contribution in [1.82, 2.24) is 0 Å². The van der Waals surface area contributed by atoms with E-state index in [2.05, 4.69) is 0 Å². The first-order valence-corrected chi connectivity index (χ1v) is 8.24. The van der Waals surface area contributed by atoms with Crippen LogP contribution in [0, 0.1) is 5.82 Å². The molecule has 1 fully saturated rings. The van der Waals surface area contributed by atoms with Crippen LogP contribution in [0.15, 0.2) is 42.5 Å². The lowest BCUT2D eigenvalue weighted by molar-refractivity contribution is -0.139. The van der Waals surface area contributed by atoms with Gasteiger partial charge in [-0.25, -0.2) is 4.39 Å². The molecule has 1 aliphatic rings. The van der Waals surface area contributed by atoms with Gasteiger partial charge in [-0.2, -0.15) is 13.2 Å². The average Bonchev–Trinajstić information content (AvgIpc) is 2.75. The zero-order valence-corrected chi connectivity index (χ0v) is 14.9. The summed E-state index contributed by atoms with van der Waals surface area (Å²) in [5.74, 6) is -1.37. The van der Waals surface area contributed by atoms with Crippen LogP contribution in [0.4, 0.5) is 17.6 Å². The number of rotatable bonds is 2. The quantitative estimate of drug-likeness (QED) is 0.561. The fourth-order valence-corrected chi connectivity index (χ4v) is 2.79. The fraction of sp³-hybridized carbons (Fsp3) is 0.368. The van der Waals surface area contributed by atoms with Crippen LogP contribution < -0.4 is 5.46 Å². The molecule has 2 nitrogen and oxygen atoms in total. The molecule has 2 aromatic carbocycles. The van der Waals surface area contributed by atoms with E-state index in [9.17, 15) is 17.6 Å². The Bertz CT molecular complexity index is 800. The molecule has 0 saturated carbocycles. The summed E-state index contributed by atoms with van der Waals surface area (Å²) in [7, 11) is -1.22. The molecule has 0 N–H and O–H groups in total. The van der Waals surface area contributed by atoms with Gasteiger partial charge in [0.15, 0.2) is 0 Å². The molecule has 0 unspecified atom stereocenters. The minimum absolute atomic E-state index is 0.252. The Morgan fingerprint density at radius 2 is 1.38 bits per heavy atom. The lowest BCUT2D eigenvalue weighted by atomic mass is 9.76. The van der Waals surface area contributed by atoms with Gasteiger partial charge in [-0.15, -0.1) is 0 Å². The Morgan fingerprint density at radius 3 is 1.88 bits per heavy atom. The number of alkyl halides is 3. The zero-order chi connectivity index (χ0) is 19.3. The minimum atomic E-state index is -4.83. The summed E-state index contributed by atoms with van der Waals surface area (Å²) in [6.45, 7) is 7.04. The van der Waals surface area contributed by atoms with Crippen molar-refractivity contribution in [2.75, 3.05) is 0 Å². The van der Waals surface area contributed by atoms with E-state index >= 15 is 0 Å². The second-order valence-electron chi connectivity index (χ2n) is 7.38. The Balaban J connectivity index is 2.16. The molecule has 0 radical (unpaired) electrons. The molecule has 1 saturated heterocycles. The molecule has 7 heteroatoms. The normalized spacial score (nSPS) is 19.0. The molecule has 0 amide bonds. The van der Waals surface area contributed by atoms with Crippen LogP contribution in [0.3, 0.4) is 0 Å². The highest BCUT2D eigenvalue weighted by atomic mass is 19.4. The van der Waals surface area contributed by atoms with E-state index in [1.807, 2.05) is 0 Å². The smallest absolute Gasteiger partial charge is 0.399 e. The lowest BCUT2D eigenvalue weighted by Crippen LogP contribution is -2.41. The van der Waals surface area contributed by atoms with Crippen molar-refractivity contribution < 1.29 is 26.9 Å². The van der Waals surface area contributed by atoms with Gasteiger partial charge < -0.3 is 9.31 Å². The molecule has 2 aromatic rings. The second kappa shape index (κ2) is 6.10. The summed E-state index contributed by atoms with van der Waals surface area (Å²) in [5, 5.41) is 0. The van der Waals surface area contributed by atoms with Gasteiger partial charge in [0.25, 0.3) is 0 Å². The summed E-state index contributed by atoms with van der Waals surface area (Å²) in [4.78, 5) is 0. The first-order valence-electron chi connectivity index (χ1n) is 8.24. The molecule has 0 bridgehead atoms. The molecule has 3 rings (SSSR count). The van der Waals surface area contributed by atoms with Crippen LogP contribution in [0.5, 0.6) is 0 Å². The summed E-state index contributed by atoms with van der Waals surface area (Å²) in [6.07, 6.45) is -4.83. The summed E-state index contributed by atoms with van der Waals surface area (Å²) < 4.78 is 66.4. The van der Waals surface area contributed by atoms with E-state index in [-0.39, 0.29) is 11.0 Å². The van der Waals surface area contributed by atoms with Crippen LogP contribution in [0.25, 0.3) is 11.1 Å². The lowest BCUT2D eigenvalue weighted by Gasteiger charge is -2.32. The van der Waals surface area contributed by atoms with E-state index in [0.717, 1.165) is 6.07 Å². The third-order valence-corrected chi connectivity index (χ3v) is 5.02. The standard InChI is InChI=1S/C19H19BF4O2/c1-17(2)18(3,4)26-20(25-17)15-11-13(12-8-6-5-7-9-12)10-14(16(15)21)19(22,23)24/h5-11H,1-4H3. The van der Waals surface area contributed by atoms with E-state index in [4.69, 9.17) is 9.31 Å². The van der Waals surface area contributed by atoms with Crippen LogP contribution in [0.2, 0.25) is 0 Å². The van der Waals surface area contributed by atoms with Gasteiger partial charge in [0.05, 0.1) is 16.8 Å². The van der Waals surface area contributed by atoms with Gasteiger partial charge in [-0.3, -0.25) is 0 Å². The second-order valence-corrected chi connectivity index (χ2v) is 7.38. The van der Waals surface area contributed by atoms with Gasteiger partial charge in [-0.05, 0) is 44.9 Å². The number of benzene rings is 2. The van der Waals surface area contributed by atoms with Crippen molar-refractivity contribution in [3.05, 3.63) is 53.8 Å². The van der Waals surface area contributed by atoms with Crippen LogP contribution in [0.1, 0.15) is 33.3 Å². The first kappa shape index (κ1) is 18.9. The van der Waals surface area contributed by atoms with Gasteiger partial charge in [-0.1, -0.05) is 36.4 Å². The molecule has 0 aliphatic carbocycles. The number of halogens is 4. The van der Waals surface area contributed by atoms with Crippen LogP contribution in [-0.4, -0.2) is 18.3 Å². The minimum Gasteiger partial charge on any atom is -0.399 e. The van der Waals surface area contributed by atoms with Crippen molar-refractivity contribution in [1.29, 1.82) is 0 Å². The van der Waals surface area contributed by atoms with Gasteiger partial charge in [0.1, 0.15) is 5.82 Å². The Labute approximate surface area is 150 Å². The molecule has 1 heterocycles. The van der Waals surface area contributed by atoms with Crippen LogP contribution >= 0.6 is 0 Å². The van der Waals surface area contributed by atoms with Gasteiger partial charge in [0, 0.05) is 5.46 Å². The Hall–Kier alpha value is -1.86. The van der Waals surface area contributed by atoms with Crippen molar-refractivity contribution in [2.24, 2.45) is 0 Å². The van der Waals surface area contributed by atoms with Crippen molar-refractivity contribution >= 4 is 12.6 Å². The summed E-state index contributed by atoms with van der Waals surface area (Å²) >= 11 is 0. The SMILES string of the molecule is CC1(C)OB(c2cc(-c3ccccc3)cc(C(F)(F)F)c2F)OC1(C)C. The largest absolute Gasteiger partial charge is 0.497 e. The molecule has 1 aliphatic heterocycles. The average molecular weight is 366 g/mol. The molecule has 0 atom stereocenters. The maximum absolute atomic E-state index is 14.7. The summed E-state index contributed by atoms with van der Waals surface area (Å²) in [6, 6.07) is 10.7. The fourth-order valence-electron chi connectivity index (χ4n) is 2.79. The Kier molecular flexibility index (Phi) is 4.44. The predicted molar refractivity (Wildman–Crippen MR) is 92.6 cm³/mol. The summed E-state index contributed by atoms with van der Waals surface area (Å²) in [5.41, 5.74) is -2.35. The molecular weight excluding hydrogens is 347 g/mol. The number of hydrogen-bond donors (Lipinski definition) is 0. The monoisotopic (exact) mass is 366 g/mol. The maximum atomic E-state index is 14.7. The van der Waals surface area contributed by atoms with E-state index in [1.165, 1.54) is 6.07 Å². The van der Waals surface area contributed by atoms with Gasteiger partial charge in [0.2, 0.25) is 0 Å². The van der Waals surface area contributed by atoms with Gasteiger partial charge >= 0.3 is 13.3 Å². The highest BCUT2D eigenvalue weighted by molar-refractivity contribution is 6.62. The van der Waals surface area contributed by atoms with Crippen LogP contribution in [-0.2, 0) is 15.5 Å². The topological polar surface area (TPSA) is 18.5 Å². The molecule has 0 spiro atoms. The van der Waals surface area contributed by atoms with E-state index < -0.39 is 35.9 Å². The van der Waals surface area contributed by atoms with Crippen molar-refractivity contribution in [3.63, 3.8) is 0 Å². The highest BCUT2D eigenvalue weighted by Gasteiger charge is 2.53. The first-order chi connectivity index (χ1) is 11.9. The van der Waals surface area contributed by atoms with E-state index in [0.29, 0.717) is 5.56 Å². The third-order valence-electron chi connectivity index (χ3n) is 5.02. The number of hydrogen-bond acceptors (Lipinski definition) is 2. The van der Waals surface area contributed by atoms with Crippen molar-refractivity contribution in [3.8, 4) is 11.1 Å². The van der Waals surface area contributed by atoms with E-state index in [1.54, 1.807) is 58.0 Å².